The van der Waals surface area contributed by atoms with Crippen LogP contribution in [0.3, 0.4) is 0 Å². The van der Waals surface area contributed by atoms with E-state index < -0.39 is 10.0 Å². The van der Waals surface area contributed by atoms with Gasteiger partial charge in [0.2, 0.25) is 10.0 Å². The SMILES string of the molecule is CCC1CCCCC1OCC(CS(N)(=O)=O)C(C)(C)C. The van der Waals surface area contributed by atoms with E-state index in [4.69, 9.17) is 9.88 Å². The largest absolute Gasteiger partial charge is 0.378 e. The number of hydrogen-bond donors (Lipinski definition) is 1. The first kappa shape index (κ1) is 17.9. The van der Waals surface area contributed by atoms with E-state index in [0.29, 0.717) is 18.6 Å². The molecule has 0 aromatic rings. The summed E-state index contributed by atoms with van der Waals surface area (Å²) in [6, 6.07) is 0. The number of rotatable bonds is 6. The Hall–Kier alpha value is -0.130. The second kappa shape index (κ2) is 7.23. The minimum atomic E-state index is -3.46. The molecule has 0 radical (unpaired) electrons. The van der Waals surface area contributed by atoms with Crippen LogP contribution >= 0.6 is 0 Å². The highest BCUT2D eigenvalue weighted by atomic mass is 32.2. The van der Waals surface area contributed by atoms with Crippen molar-refractivity contribution in [2.45, 2.75) is 65.9 Å². The normalized spacial score (nSPS) is 26.4. The number of hydrogen-bond acceptors (Lipinski definition) is 3. The zero-order valence-electron chi connectivity index (χ0n) is 13.4. The van der Waals surface area contributed by atoms with E-state index in [1.807, 2.05) is 20.8 Å². The van der Waals surface area contributed by atoms with Gasteiger partial charge < -0.3 is 4.74 Å². The lowest BCUT2D eigenvalue weighted by Gasteiger charge is -2.35. The van der Waals surface area contributed by atoms with Crippen molar-refractivity contribution >= 4 is 10.0 Å². The van der Waals surface area contributed by atoms with E-state index in [-0.39, 0.29) is 17.1 Å². The van der Waals surface area contributed by atoms with Crippen LogP contribution in [-0.2, 0) is 14.8 Å². The van der Waals surface area contributed by atoms with Crippen molar-refractivity contribution in [3.05, 3.63) is 0 Å². The molecule has 3 atom stereocenters. The predicted molar refractivity (Wildman–Crippen MR) is 82.9 cm³/mol. The highest BCUT2D eigenvalue weighted by Gasteiger charge is 2.31. The Kier molecular flexibility index (Phi) is 6.48. The Morgan fingerprint density at radius 1 is 1.25 bits per heavy atom. The Morgan fingerprint density at radius 2 is 1.85 bits per heavy atom. The molecule has 0 spiro atoms. The summed E-state index contributed by atoms with van der Waals surface area (Å²) >= 11 is 0. The second-order valence-electron chi connectivity index (χ2n) is 7.22. The zero-order valence-corrected chi connectivity index (χ0v) is 14.2. The molecule has 0 bridgehead atoms. The van der Waals surface area contributed by atoms with Crippen LogP contribution < -0.4 is 5.14 Å². The summed E-state index contributed by atoms with van der Waals surface area (Å²) in [5, 5.41) is 5.21. The lowest BCUT2D eigenvalue weighted by atomic mass is 9.82. The number of sulfonamides is 1. The van der Waals surface area contributed by atoms with E-state index in [0.717, 1.165) is 12.8 Å². The Labute approximate surface area is 124 Å². The maximum atomic E-state index is 11.4. The van der Waals surface area contributed by atoms with Gasteiger partial charge in [-0.2, -0.15) is 0 Å². The first-order valence-corrected chi connectivity index (χ1v) is 9.47. The van der Waals surface area contributed by atoms with Gasteiger partial charge in [-0.3, -0.25) is 0 Å². The van der Waals surface area contributed by atoms with E-state index in [9.17, 15) is 8.42 Å². The molecular weight excluding hydrogens is 274 g/mol. The maximum Gasteiger partial charge on any atom is 0.209 e. The minimum Gasteiger partial charge on any atom is -0.378 e. The van der Waals surface area contributed by atoms with Crippen LogP contribution in [0.15, 0.2) is 0 Å². The topological polar surface area (TPSA) is 69.4 Å². The van der Waals surface area contributed by atoms with Gasteiger partial charge in [0, 0.05) is 5.92 Å². The van der Waals surface area contributed by atoms with Crippen molar-refractivity contribution in [1.82, 2.24) is 0 Å². The average molecular weight is 305 g/mol. The van der Waals surface area contributed by atoms with Gasteiger partial charge in [-0.1, -0.05) is 47.0 Å². The van der Waals surface area contributed by atoms with Crippen molar-refractivity contribution < 1.29 is 13.2 Å². The molecule has 1 aliphatic rings. The molecule has 1 rings (SSSR count). The minimum absolute atomic E-state index is 0.0000116. The van der Waals surface area contributed by atoms with Gasteiger partial charge >= 0.3 is 0 Å². The molecule has 20 heavy (non-hydrogen) atoms. The van der Waals surface area contributed by atoms with Gasteiger partial charge in [-0.05, 0) is 24.2 Å². The molecule has 0 saturated heterocycles. The van der Waals surface area contributed by atoms with Crippen LogP contribution in [0.4, 0.5) is 0 Å². The highest BCUT2D eigenvalue weighted by Crippen LogP contribution is 2.32. The fourth-order valence-corrected chi connectivity index (χ4v) is 4.09. The van der Waals surface area contributed by atoms with Crippen molar-refractivity contribution in [1.29, 1.82) is 0 Å². The summed E-state index contributed by atoms with van der Waals surface area (Å²) in [5.74, 6) is 0.566. The smallest absolute Gasteiger partial charge is 0.209 e. The summed E-state index contributed by atoms with van der Waals surface area (Å²) in [5.41, 5.74) is -0.122. The average Bonchev–Trinajstić information content (AvgIpc) is 2.32. The van der Waals surface area contributed by atoms with Crippen LogP contribution in [-0.4, -0.2) is 26.9 Å². The quantitative estimate of drug-likeness (QED) is 0.820. The van der Waals surface area contributed by atoms with Crippen molar-refractivity contribution in [3.8, 4) is 0 Å². The van der Waals surface area contributed by atoms with Crippen molar-refractivity contribution in [3.63, 3.8) is 0 Å². The third-order valence-corrected chi connectivity index (χ3v) is 5.40. The van der Waals surface area contributed by atoms with Gasteiger partial charge in [0.05, 0.1) is 18.5 Å². The number of nitrogens with two attached hydrogens (primary N) is 1. The van der Waals surface area contributed by atoms with Crippen LogP contribution in [0.25, 0.3) is 0 Å². The summed E-state index contributed by atoms with van der Waals surface area (Å²) < 4.78 is 28.9. The molecule has 2 N–H and O–H groups in total. The van der Waals surface area contributed by atoms with E-state index >= 15 is 0 Å². The third-order valence-electron chi connectivity index (χ3n) is 4.53. The molecule has 0 aromatic carbocycles. The summed E-state index contributed by atoms with van der Waals surface area (Å²) in [6.07, 6.45) is 6.27. The van der Waals surface area contributed by atoms with Gasteiger partial charge in [-0.25, -0.2) is 13.6 Å². The summed E-state index contributed by atoms with van der Waals surface area (Å²) in [7, 11) is -3.46. The maximum absolute atomic E-state index is 11.4. The lowest BCUT2D eigenvalue weighted by molar-refractivity contribution is -0.0400. The van der Waals surface area contributed by atoms with Crippen LogP contribution in [0.5, 0.6) is 0 Å². The van der Waals surface area contributed by atoms with E-state index in [2.05, 4.69) is 6.92 Å². The molecular formula is C15H31NO3S. The monoisotopic (exact) mass is 305 g/mol. The number of primary sulfonamides is 1. The van der Waals surface area contributed by atoms with E-state index in [1.165, 1.54) is 19.3 Å². The fraction of sp³-hybridized carbons (Fsp3) is 1.00. The number of ether oxygens (including phenoxy) is 1. The molecule has 5 heteroatoms. The fourth-order valence-electron chi connectivity index (χ4n) is 2.93. The summed E-state index contributed by atoms with van der Waals surface area (Å²) in [6.45, 7) is 8.83. The van der Waals surface area contributed by atoms with Gasteiger partial charge in [-0.15, -0.1) is 0 Å². The Balaban J connectivity index is 2.61. The highest BCUT2D eigenvalue weighted by molar-refractivity contribution is 7.89. The zero-order chi connectivity index (χ0) is 15.4. The predicted octanol–water partition coefficient (Wildman–Crippen LogP) is 2.92. The van der Waals surface area contributed by atoms with Crippen LogP contribution in [0.2, 0.25) is 0 Å². The second-order valence-corrected chi connectivity index (χ2v) is 8.88. The molecule has 0 amide bonds. The Bertz CT molecular complexity index is 386. The molecule has 1 fully saturated rings. The molecule has 0 aliphatic heterocycles. The first-order chi connectivity index (χ1) is 9.13. The Morgan fingerprint density at radius 3 is 2.35 bits per heavy atom. The van der Waals surface area contributed by atoms with Gasteiger partial charge in [0.25, 0.3) is 0 Å². The van der Waals surface area contributed by atoms with Crippen LogP contribution in [0, 0.1) is 17.3 Å². The van der Waals surface area contributed by atoms with E-state index in [1.54, 1.807) is 0 Å². The molecule has 4 nitrogen and oxygen atoms in total. The van der Waals surface area contributed by atoms with Crippen molar-refractivity contribution in [2.75, 3.05) is 12.4 Å². The van der Waals surface area contributed by atoms with Crippen LogP contribution in [0.1, 0.15) is 59.8 Å². The molecule has 1 saturated carbocycles. The lowest BCUT2D eigenvalue weighted by Crippen LogP contribution is -2.37. The molecule has 0 heterocycles. The molecule has 3 unspecified atom stereocenters. The standard InChI is InChI=1S/C15H31NO3S/c1-5-12-8-6-7-9-14(12)19-10-13(15(2,3)4)11-20(16,17)18/h12-14H,5-11H2,1-4H3,(H2,16,17,18). The molecule has 1 aliphatic carbocycles. The molecule has 0 aromatic heterocycles. The van der Waals surface area contributed by atoms with Crippen molar-refractivity contribution in [2.24, 2.45) is 22.4 Å². The third kappa shape index (κ3) is 6.10. The van der Waals surface area contributed by atoms with Gasteiger partial charge in [0.15, 0.2) is 0 Å². The van der Waals surface area contributed by atoms with Gasteiger partial charge in [0.1, 0.15) is 0 Å². The molecule has 120 valence electrons. The summed E-state index contributed by atoms with van der Waals surface area (Å²) in [4.78, 5) is 0. The first-order valence-electron chi connectivity index (χ1n) is 7.75.